The first-order chi connectivity index (χ1) is 17.0. The fraction of sp³-hybridized carbons (Fsp3) is 0.500. The quantitative estimate of drug-likeness (QED) is 0.348. The molecule has 8 nitrogen and oxygen atoms in total. The third-order valence-electron chi connectivity index (χ3n) is 5.83. The fourth-order valence-electron chi connectivity index (χ4n) is 3.76. The van der Waals surface area contributed by atoms with Gasteiger partial charge >= 0.3 is 11.9 Å². The first kappa shape index (κ1) is 30.3. The average molecular weight is 576 g/mol. The molecule has 37 heavy (non-hydrogen) atoms. The van der Waals surface area contributed by atoms with Crippen LogP contribution in [0.4, 0.5) is 0 Å². The van der Waals surface area contributed by atoms with E-state index in [0.717, 1.165) is 5.69 Å². The molecular formula is C28H39BrN4O4. The Morgan fingerprint density at radius 1 is 0.811 bits per heavy atom. The maximum atomic E-state index is 12.1. The molecule has 0 N–H and O–H groups in total. The van der Waals surface area contributed by atoms with Crippen molar-refractivity contribution in [3.05, 3.63) is 68.2 Å². The lowest BCUT2D eigenvalue weighted by Crippen LogP contribution is -2.22. The summed E-state index contributed by atoms with van der Waals surface area (Å²) in [5, 5.41) is 8.85. The Morgan fingerprint density at radius 3 is 1.68 bits per heavy atom. The summed E-state index contributed by atoms with van der Waals surface area (Å²) in [4.78, 5) is 23.4. The Morgan fingerprint density at radius 2 is 1.24 bits per heavy atom. The molecule has 0 fully saturated rings. The lowest BCUT2D eigenvalue weighted by molar-refractivity contribution is 0.0590. The van der Waals surface area contributed by atoms with E-state index in [2.05, 4.69) is 84.5 Å². The van der Waals surface area contributed by atoms with Crippen molar-refractivity contribution in [2.45, 2.75) is 79.8 Å². The van der Waals surface area contributed by atoms with Crippen LogP contribution < -0.4 is 0 Å². The zero-order valence-corrected chi connectivity index (χ0v) is 25.4. The zero-order chi connectivity index (χ0) is 28.3. The molecule has 0 saturated heterocycles. The van der Waals surface area contributed by atoms with E-state index < -0.39 is 0 Å². The molecule has 0 bridgehead atoms. The van der Waals surface area contributed by atoms with E-state index >= 15 is 0 Å². The minimum absolute atomic E-state index is 0.144. The van der Waals surface area contributed by atoms with E-state index in [1.54, 1.807) is 17.1 Å². The molecule has 2 heterocycles. The number of rotatable bonds is 4. The van der Waals surface area contributed by atoms with E-state index in [1.165, 1.54) is 36.5 Å². The number of nitrogens with zero attached hydrogens (tertiary/aromatic N) is 4. The maximum absolute atomic E-state index is 12.1. The second-order valence-electron chi connectivity index (χ2n) is 11.1. The summed E-state index contributed by atoms with van der Waals surface area (Å²) in [6, 6.07) is 4.34. The van der Waals surface area contributed by atoms with E-state index in [4.69, 9.17) is 4.74 Å². The SMILES string of the molecule is COC(=O)c1cn(C(C)(C)C)nc1Br.COC(=O)c1cn(C(C)(C)C)nc1Cc1c(C)cc(C)cc1C. The molecule has 0 aliphatic rings. The maximum Gasteiger partial charge on any atom is 0.342 e. The molecule has 0 aliphatic carbocycles. The van der Waals surface area contributed by atoms with Crippen molar-refractivity contribution in [1.82, 2.24) is 19.6 Å². The van der Waals surface area contributed by atoms with E-state index in [-0.39, 0.29) is 23.0 Å². The van der Waals surface area contributed by atoms with E-state index in [1.807, 2.05) is 25.5 Å². The van der Waals surface area contributed by atoms with Crippen LogP contribution in [-0.4, -0.2) is 45.7 Å². The minimum atomic E-state index is -0.382. The first-order valence-corrected chi connectivity index (χ1v) is 12.9. The summed E-state index contributed by atoms with van der Waals surface area (Å²) in [5.74, 6) is -0.717. The molecule has 1 aromatic carbocycles. The van der Waals surface area contributed by atoms with E-state index in [9.17, 15) is 9.59 Å². The molecule has 0 radical (unpaired) electrons. The predicted molar refractivity (Wildman–Crippen MR) is 148 cm³/mol. The highest BCUT2D eigenvalue weighted by Gasteiger charge is 2.23. The topological polar surface area (TPSA) is 88.2 Å². The normalized spacial score (nSPS) is 11.6. The summed E-state index contributed by atoms with van der Waals surface area (Å²) >= 11 is 3.22. The molecule has 3 aromatic rings. The molecule has 2 aromatic heterocycles. The van der Waals surface area contributed by atoms with Gasteiger partial charge in [0.2, 0.25) is 0 Å². The van der Waals surface area contributed by atoms with Crippen LogP contribution in [0.15, 0.2) is 29.1 Å². The second-order valence-corrected chi connectivity index (χ2v) is 11.8. The number of aromatic nitrogens is 4. The van der Waals surface area contributed by atoms with Crippen molar-refractivity contribution < 1.29 is 19.1 Å². The van der Waals surface area contributed by atoms with Crippen LogP contribution in [-0.2, 0) is 27.0 Å². The summed E-state index contributed by atoms with van der Waals surface area (Å²) in [5.41, 5.74) is 6.35. The average Bonchev–Trinajstić information content (AvgIpc) is 3.39. The lowest BCUT2D eigenvalue weighted by Gasteiger charge is -2.19. The van der Waals surface area contributed by atoms with Gasteiger partial charge in [0.15, 0.2) is 0 Å². The smallest absolute Gasteiger partial charge is 0.342 e. The predicted octanol–water partition coefficient (Wildman–Crippen LogP) is 6.13. The van der Waals surface area contributed by atoms with E-state index in [0.29, 0.717) is 22.2 Å². The number of esters is 2. The number of hydrogen-bond acceptors (Lipinski definition) is 6. The number of halogens is 1. The molecule has 0 atom stereocenters. The molecule has 202 valence electrons. The minimum Gasteiger partial charge on any atom is -0.465 e. The van der Waals surface area contributed by atoms with Crippen LogP contribution in [0.5, 0.6) is 0 Å². The van der Waals surface area contributed by atoms with Crippen molar-refractivity contribution >= 4 is 27.9 Å². The van der Waals surface area contributed by atoms with Crippen LogP contribution in [0.2, 0.25) is 0 Å². The highest BCUT2D eigenvalue weighted by Crippen LogP contribution is 2.24. The van der Waals surface area contributed by atoms with Gasteiger partial charge in [-0.2, -0.15) is 10.2 Å². The van der Waals surface area contributed by atoms with Gasteiger partial charge in [0.05, 0.1) is 31.0 Å². The van der Waals surface area contributed by atoms with Gasteiger partial charge in [0.25, 0.3) is 0 Å². The van der Waals surface area contributed by atoms with Crippen LogP contribution >= 0.6 is 15.9 Å². The molecule has 9 heteroatoms. The largest absolute Gasteiger partial charge is 0.465 e. The van der Waals surface area contributed by atoms with Crippen LogP contribution in [0.3, 0.4) is 0 Å². The lowest BCUT2D eigenvalue weighted by atomic mass is 9.95. The Hall–Kier alpha value is -2.94. The van der Waals surface area contributed by atoms with Crippen LogP contribution in [0.25, 0.3) is 0 Å². The standard InChI is InChI=1S/C19H26N2O2.C9H13BrN2O2/c1-12-8-13(2)15(14(3)9-12)10-17-16(18(22)23-7)11-21(20-17)19(4,5)6;1-9(2,3)12-5-6(7(10)11-12)8(13)14-4/h8-9,11H,10H2,1-7H3;5H,1-4H3. The number of aryl methyl sites for hydroxylation is 3. The van der Waals surface area contributed by atoms with Crippen molar-refractivity contribution in [3.8, 4) is 0 Å². The number of ether oxygens (including phenoxy) is 2. The number of carbonyl (C=O) groups excluding carboxylic acids is 2. The molecule has 3 rings (SSSR count). The Balaban J connectivity index is 0.000000294. The molecule has 0 unspecified atom stereocenters. The summed E-state index contributed by atoms with van der Waals surface area (Å²) in [7, 11) is 2.76. The molecule has 0 amide bonds. The third-order valence-corrected chi connectivity index (χ3v) is 6.42. The summed E-state index contributed by atoms with van der Waals surface area (Å²) in [6.45, 7) is 18.5. The van der Waals surface area contributed by atoms with Gasteiger partial charge in [-0.25, -0.2) is 9.59 Å². The number of methoxy groups -OCH3 is 2. The van der Waals surface area contributed by atoms with Gasteiger partial charge < -0.3 is 9.47 Å². The van der Waals surface area contributed by atoms with Crippen LogP contribution in [0.1, 0.15) is 90.2 Å². The van der Waals surface area contributed by atoms with Crippen molar-refractivity contribution in [1.29, 1.82) is 0 Å². The summed E-state index contributed by atoms with van der Waals surface area (Å²) < 4.78 is 13.6. The Bertz CT molecular complexity index is 1250. The number of hydrogen-bond donors (Lipinski definition) is 0. The van der Waals surface area contributed by atoms with Gasteiger partial charge in [-0.15, -0.1) is 0 Å². The number of benzene rings is 1. The monoisotopic (exact) mass is 574 g/mol. The fourth-order valence-corrected chi connectivity index (χ4v) is 4.20. The van der Waals surface area contributed by atoms with Gasteiger partial charge in [0, 0.05) is 18.8 Å². The highest BCUT2D eigenvalue weighted by atomic mass is 79.9. The second kappa shape index (κ2) is 11.6. The van der Waals surface area contributed by atoms with Crippen molar-refractivity contribution in [3.63, 3.8) is 0 Å². The molecule has 0 aliphatic heterocycles. The third kappa shape index (κ3) is 7.53. The number of carbonyl (C=O) groups is 2. The summed E-state index contributed by atoms with van der Waals surface area (Å²) in [6.07, 6.45) is 4.10. The van der Waals surface area contributed by atoms with Crippen molar-refractivity contribution in [2.75, 3.05) is 14.2 Å². The highest BCUT2D eigenvalue weighted by molar-refractivity contribution is 9.10. The van der Waals surface area contributed by atoms with Crippen molar-refractivity contribution in [2.24, 2.45) is 0 Å². The first-order valence-electron chi connectivity index (χ1n) is 12.1. The van der Waals surface area contributed by atoms with Gasteiger partial charge in [-0.05, 0) is 94.9 Å². The molecule has 0 spiro atoms. The molecule has 0 saturated carbocycles. The van der Waals surface area contributed by atoms with Crippen LogP contribution in [0, 0.1) is 20.8 Å². The Kier molecular flexibility index (Phi) is 9.52. The van der Waals surface area contributed by atoms with Gasteiger partial charge in [-0.3, -0.25) is 9.36 Å². The molecular weight excluding hydrogens is 536 g/mol. The van der Waals surface area contributed by atoms with Gasteiger partial charge in [0.1, 0.15) is 15.7 Å². The van der Waals surface area contributed by atoms with Gasteiger partial charge in [-0.1, -0.05) is 17.7 Å². The Labute approximate surface area is 228 Å². The zero-order valence-electron chi connectivity index (χ0n) is 23.8.